The fraction of sp³-hybridized carbons (Fsp3) is 0.619. The van der Waals surface area contributed by atoms with Gasteiger partial charge in [-0.1, -0.05) is 0 Å². The number of likely N-dealkylation sites (tertiary alicyclic amines) is 1. The quantitative estimate of drug-likeness (QED) is 0.512. The number of sulfonamides is 1. The number of nitrogens with one attached hydrogen (secondary N) is 2. The Morgan fingerprint density at radius 1 is 1.06 bits per heavy atom. The number of rotatable bonds is 6. The summed E-state index contributed by atoms with van der Waals surface area (Å²) < 4.78 is 31.2. The number of piperidine rings is 2. The van der Waals surface area contributed by atoms with Gasteiger partial charge >= 0.3 is 12.0 Å². The Kier molecular flexibility index (Phi) is 8.31. The largest absolute Gasteiger partial charge is 0.455 e. The normalized spacial score (nSPS) is 18.4. The first-order chi connectivity index (χ1) is 16.0. The van der Waals surface area contributed by atoms with Gasteiger partial charge in [0, 0.05) is 45.5 Å². The minimum atomic E-state index is -3.22. The third kappa shape index (κ3) is 6.79. The number of imide groups is 1. The van der Waals surface area contributed by atoms with Crippen LogP contribution >= 0.6 is 0 Å². The summed E-state index contributed by atoms with van der Waals surface area (Å²) in [7, 11) is -1.54. The lowest BCUT2D eigenvalue weighted by molar-refractivity contribution is -0.153. The Hall–Kier alpha value is -2.93. The van der Waals surface area contributed by atoms with Crippen LogP contribution in [0.15, 0.2) is 18.3 Å². The summed E-state index contributed by atoms with van der Waals surface area (Å²) in [5.74, 6) is -2.25. The van der Waals surface area contributed by atoms with Gasteiger partial charge in [0.15, 0.2) is 6.61 Å². The van der Waals surface area contributed by atoms with Crippen LogP contribution in [-0.4, -0.2) is 91.1 Å². The Bertz CT molecular complexity index is 1020. The van der Waals surface area contributed by atoms with E-state index in [4.69, 9.17) is 4.74 Å². The molecule has 2 aliphatic heterocycles. The van der Waals surface area contributed by atoms with Gasteiger partial charge in [0.2, 0.25) is 10.0 Å². The van der Waals surface area contributed by atoms with Crippen LogP contribution in [0.3, 0.4) is 0 Å². The number of nitrogens with zero attached hydrogens (tertiary/aromatic N) is 3. The van der Waals surface area contributed by atoms with E-state index in [1.165, 1.54) is 10.6 Å². The van der Waals surface area contributed by atoms with Gasteiger partial charge in [-0.15, -0.1) is 0 Å². The number of hydrogen-bond acceptors (Lipinski definition) is 7. The van der Waals surface area contributed by atoms with Gasteiger partial charge in [-0.3, -0.25) is 19.7 Å². The van der Waals surface area contributed by atoms with Crippen molar-refractivity contribution in [2.75, 3.05) is 39.0 Å². The van der Waals surface area contributed by atoms with E-state index in [1.807, 2.05) is 0 Å². The summed E-state index contributed by atoms with van der Waals surface area (Å²) >= 11 is 0. The zero-order chi connectivity index (χ0) is 24.9. The molecule has 2 fully saturated rings. The number of esters is 1. The van der Waals surface area contributed by atoms with E-state index in [0.29, 0.717) is 57.6 Å². The van der Waals surface area contributed by atoms with E-state index in [1.54, 1.807) is 34.8 Å². The molecule has 0 atom stereocenters. The highest BCUT2D eigenvalue weighted by Gasteiger charge is 2.31. The highest BCUT2D eigenvalue weighted by atomic mass is 32.2. The van der Waals surface area contributed by atoms with Crippen molar-refractivity contribution in [2.45, 2.75) is 31.7 Å². The number of amides is 4. The average molecular weight is 498 g/mol. The molecule has 4 amide bonds. The van der Waals surface area contributed by atoms with Gasteiger partial charge in [0.1, 0.15) is 5.69 Å². The lowest BCUT2D eigenvalue weighted by Gasteiger charge is -2.34. The molecule has 2 aliphatic rings. The highest BCUT2D eigenvalue weighted by molar-refractivity contribution is 7.88. The van der Waals surface area contributed by atoms with Gasteiger partial charge in [-0.2, -0.15) is 0 Å². The lowest BCUT2D eigenvalue weighted by Crippen LogP contribution is -2.52. The van der Waals surface area contributed by atoms with Crippen molar-refractivity contribution >= 4 is 33.8 Å². The Morgan fingerprint density at radius 2 is 1.71 bits per heavy atom. The maximum absolute atomic E-state index is 12.5. The molecule has 2 saturated heterocycles. The molecule has 1 aromatic heterocycles. The third-order valence-electron chi connectivity index (χ3n) is 6.14. The summed E-state index contributed by atoms with van der Waals surface area (Å²) in [4.78, 5) is 50.4. The van der Waals surface area contributed by atoms with Crippen LogP contribution in [0, 0.1) is 5.92 Å². The molecule has 0 unspecified atom stereocenters. The van der Waals surface area contributed by atoms with Crippen molar-refractivity contribution in [3.8, 4) is 0 Å². The van der Waals surface area contributed by atoms with Crippen molar-refractivity contribution in [1.82, 2.24) is 24.4 Å². The minimum Gasteiger partial charge on any atom is -0.455 e. The summed E-state index contributed by atoms with van der Waals surface area (Å²) in [6.07, 6.45) is 4.77. The molecule has 0 spiro atoms. The van der Waals surface area contributed by atoms with E-state index in [0.717, 1.165) is 0 Å². The Balaban J connectivity index is 1.35. The molecule has 188 valence electrons. The topological polar surface area (TPSA) is 147 Å². The molecule has 2 N–H and O–H groups in total. The van der Waals surface area contributed by atoms with Gasteiger partial charge in [-0.05, 0) is 37.8 Å². The van der Waals surface area contributed by atoms with E-state index >= 15 is 0 Å². The fourth-order valence-electron chi connectivity index (χ4n) is 4.09. The Labute approximate surface area is 198 Å². The number of aromatic nitrogens is 1. The molecule has 0 bridgehead atoms. The molecule has 12 nitrogen and oxygen atoms in total. The summed E-state index contributed by atoms with van der Waals surface area (Å²) in [6, 6.07) is 2.92. The maximum atomic E-state index is 12.5. The van der Waals surface area contributed by atoms with E-state index < -0.39 is 40.3 Å². The molecule has 13 heteroatoms. The standard InChI is InChI=1S/C21H31N5O7S/c1-24-9-3-4-17(24)19(28)23-18(27)14-33-20(29)15-5-10-25(11-6-15)21(30)22-16-7-12-26(13-8-16)34(2,31)32/h3-4,9,15-16H,5-8,10-14H2,1-2H3,(H,22,30)(H,23,27,28). The van der Waals surface area contributed by atoms with Gasteiger partial charge in [-0.25, -0.2) is 17.5 Å². The van der Waals surface area contributed by atoms with Crippen LogP contribution in [0.25, 0.3) is 0 Å². The SMILES string of the molecule is Cn1cccc1C(=O)NC(=O)COC(=O)C1CCN(C(=O)NC2CCN(S(C)(=O)=O)CC2)CC1. The minimum absolute atomic E-state index is 0.0926. The van der Waals surface area contributed by atoms with Crippen molar-refractivity contribution in [3.63, 3.8) is 0 Å². The van der Waals surface area contributed by atoms with E-state index in [2.05, 4.69) is 10.6 Å². The van der Waals surface area contributed by atoms with Crippen LogP contribution < -0.4 is 10.6 Å². The number of carbonyl (C=O) groups is 4. The second-order valence-corrected chi connectivity index (χ2v) is 10.6. The smallest absolute Gasteiger partial charge is 0.317 e. The van der Waals surface area contributed by atoms with Crippen molar-refractivity contribution in [2.24, 2.45) is 13.0 Å². The monoisotopic (exact) mass is 497 g/mol. The first-order valence-corrected chi connectivity index (χ1v) is 13.0. The van der Waals surface area contributed by atoms with Crippen LogP contribution in [-0.2, 0) is 31.4 Å². The van der Waals surface area contributed by atoms with Gasteiger partial charge in [0.05, 0.1) is 12.2 Å². The summed E-state index contributed by atoms with van der Waals surface area (Å²) in [5, 5.41) is 5.12. The molecule has 0 saturated carbocycles. The van der Waals surface area contributed by atoms with Crippen LogP contribution in [0.1, 0.15) is 36.2 Å². The molecular formula is C21H31N5O7S. The average Bonchev–Trinajstić information content (AvgIpc) is 3.23. The highest BCUT2D eigenvalue weighted by Crippen LogP contribution is 2.20. The first-order valence-electron chi connectivity index (χ1n) is 11.2. The maximum Gasteiger partial charge on any atom is 0.317 e. The van der Waals surface area contributed by atoms with Crippen LogP contribution in [0.5, 0.6) is 0 Å². The fourth-order valence-corrected chi connectivity index (χ4v) is 4.97. The van der Waals surface area contributed by atoms with Crippen molar-refractivity contribution in [3.05, 3.63) is 24.0 Å². The molecule has 0 aliphatic carbocycles. The van der Waals surface area contributed by atoms with Crippen LogP contribution in [0.4, 0.5) is 4.79 Å². The Morgan fingerprint density at radius 3 is 2.26 bits per heavy atom. The van der Waals surface area contributed by atoms with Crippen molar-refractivity contribution in [1.29, 1.82) is 0 Å². The number of hydrogen-bond donors (Lipinski definition) is 2. The molecule has 0 radical (unpaired) electrons. The van der Waals surface area contributed by atoms with E-state index in [-0.39, 0.29) is 12.1 Å². The molecule has 3 rings (SSSR count). The lowest BCUT2D eigenvalue weighted by atomic mass is 9.97. The molecule has 3 heterocycles. The molecule has 0 aromatic carbocycles. The van der Waals surface area contributed by atoms with Crippen molar-refractivity contribution < 1.29 is 32.3 Å². The molecule has 34 heavy (non-hydrogen) atoms. The number of aryl methyl sites for hydroxylation is 1. The number of urea groups is 1. The number of ether oxygens (including phenoxy) is 1. The summed E-state index contributed by atoms with van der Waals surface area (Å²) in [5.41, 5.74) is 0.311. The van der Waals surface area contributed by atoms with E-state index in [9.17, 15) is 27.6 Å². The molecule has 1 aromatic rings. The summed E-state index contributed by atoms with van der Waals surface area (Å²) in [6.45, 7) is 0.934. The number of carbonyl (C=O) groups excluding carboxylic acids is 4. The predicted octanol–water partition coefficient (Wildman–Crippen LogP) is -0.330. The zero-order valence-electron chi connectivity index (χ0n) is 19.4. The zero-order valence-corrected chi connectivity index (χ0v) is 20.2. The van der Waals surface area contributed by atoms with Crippen LogP contribution in [0.2, 0.25) is 0 Å². The first kappa shape index (κ1) is 25.7. The predicted molar refractivity (Wildman–Crippen MR) is 121 cm³/mol. The van der Waals surface area contributed by atoms with Gasteiger partial charge < -0.3 is 19.5 Å². The second-order valence-electron chi connectivity index (χ2n) is 8.64. The second kappa shape index (κ2) is 11.0. The third-order valence-corrected chi connectivity index (χ3v) is 7.44. The van der Waals surface area contributed by atoms with Gasteiger partial charge in [0.25, 0.3) is 11.8 Å². The molecular weight excluding hydrogens is 466 g/mol.